The third-order valence-corrected chi connectivity index (χ3v) is 8.82. The lowest BCUT2D eigenvalue weighted by Crippen LogP contribution is -2.28. The molecule has 7 nitrogen and oxygen atoms in total. The van der Waals surface area contributed by atoms with Gasteiger partial charge in [-0.3, -0.25) is 9.69 Å². The summed E-state index contributed by atoms with van der Waals surface area (Å²) < 4.78 is 30.2. The van der Waals surface area contributed by atoms with Gasteiger partial charge in [-0.05, 0) is 49.6 Å². The molecule has 1 aliphatic heterocycles. The van der Waals surface area contributed by atoms with E-state index in [0.29, 0.717) is 23.9 Å². The van der Waals surface area contributed by atoms with Gasteiger partial charge in [0.15, 0.2) is 5.13 Å². The van der Waals surface area contributed by atoms with Crippen molar-refractivity contribution >= 4 is 48.3 Å². The number of fused-ring (bicyclic) bond motifs is 1. The number of hydrogen-bond acceptors (Lipinski definition) is 5. The number of anilines is 2. The van der Waals surface area contributed by atoms with Gasteiger partial charge in [-0.2, -0.15) is 4.31 Å². The molecular weight excluding hydrogens is 456 g/mol. The highest BCUT2D eigenvalue weighted by Gasteiger charge is 2.32. The molecule has 0 bridgehead atoms. The molecule has 0 N–H and O–H groups in total. The minimum Gasteiger partial charge on any atom is -0.345 e. The van der Waals surface area contributed by atoms with E-state index in [1.165, 1.54) is 27.9 Å². The predicted octanol–water partition coefficient (Wildman–Crippen LogP) is 4.71. The zero-order chi connectivity index (χ0) is 23.2. The molecule has 2 aromatic carbocycles. The summed E-state index contributed by atoms with van der Waals surface area (Å²) in [5, 5.41) is 0.542. The van der Waals surface area contributed by atoms with E-state index < -0.39 is 10.0 Å². The topological polar surface area (TPSA) is 75.5 Å². The zero-order valence-corrected chi connectivity index (χ0v) is 20.1. The Morgan fingerprint density at radius 2 is 1.76 bits per heavy atom. The number of thiazole rings is 1. The van der Waals surface area contributed by atoms with Crippen molar-refractivity contribution in [3.05, 3.63) is 72.1 Å². The molecule has 33 heavy (non-hydrogen) atoms. The molecule has 1 saturated heterocycles. The molecule has 3 heterocycles. The van der Waals surface area contributed by atoms with Crippen LogP contribution >= 0.6 is 11.3 Å². The molecule has 0 saturated carbocycles. The summed E-state index contributed by atoms with van der Waals surface area (Å²) in [6, 6.07) is 16.8. The first-order valence-electron chi connectivity index (χ1n) is 10.8. The number of hydrogen-bond donors (Lipinski definition) is 0. The van der Waals surface area contributed by atoms with E-state index in [4.69, 9.17) is 4.98 Å². The molecule has 170 valence electrons. The molecular formula is C24H24N4O3S2. The number of nitrogens with zero attached hydrogens (tertiary/aromatic N) is 4. The molecule has 0 spiro atoms. The monoisotopic (exact) mass is 480 g/mol. The molecule has 5 rings (SSSR count). The number of amides is 1. The fraction of sp³-hybridized carbons (Fsp3) is 0.250. The lowest BCUT2D eigenvalue weighted by molar-refractivity contribution is 0.0991. The predicted molar refractivity (Wildman–Crippen MR) is 131 cm³/mol. The molecule has 0 atom stereocenters. The van der Waals surface area contributed by atoms with Gasteiger partial charge in [0.25, 0.3) is 5.91 Å². The van der Waals surface area contributed by atoms with Gasteiger partial charge in [-0.15, -0.1) is 0 Å². The average molecular weight is 481 g/mol. The number of carbonyl (C=O) groups is 1. The summed E-state index contributed by atoms with van der Waals surface area (Å²) in [5.41, 5.74) is 2.74. The lowest BCUT2D eigenvalue weighted by Gasteiger charge is -2.22. The second-order valence-corrected chi connectivity index (χ2v) is 11.1. The Balaban J connectivity index is 1.61. The Labute approximate surface area is 196 Å². The van der Waals surface area contributed by atoms with E-state index in [1.54, 1.807) is 16.5 Å². The van der Waals surface area contributed by atoms with Gasteiger partial charge in [0, 0.05) is 26.3 Å². The normalized spacial score (nSPS) is 14.7. The molecule has 4 aromatic rings. The van der Waals surface area contributed by atoms with Crippen molar-refractivity contribution in [1.82, 2.24) is 13.9 Å². The quantitative estimate of drug-likeness (QED) is 0.415. The number of aromatic nitrogens is 2. The molecule has 1 amide bonds. The first-order valence-corrected chi connectivity index (χ1v) is 13.0. The maximum Gasteiger partial charge on any atom is 0.281 e. The summed E-state index contributed by atoms with van der Waals surface area (Å²) in [6.07, 6.45) is 3.24. The fourth-order valence-electron chi connectivity index (χ4n) is 4.15. The van der Waals surface area contributed by atoms with E-state index in [1.807, 2.05) is 55.5 Å². The smallest absolute Gasteiger partial charge is 0.281 e. The van der Waals surface area contributed by atoms with Gasteiger partial charge in [-0.1, -0.05) is 41.7 Å². The van der Waals surface area contributed by atoms with Crippen LogP contribution in [0.3, 0.4) is 0 Å². The van der Waals surface area contributed by atoms with Gasteiger partial charge in [0.05, 0.1) is 15.9 Å². The standard InChI is InChI=1S/C24H24N4O3S2/c1-17-9-3-5-11-20(17)28(24-25-19-10-4-6-12-22(19)32-24)23(29)21-15-18(16-26(21)2)33(30,31)27-13-7-8-14-27/h3-6,9-12,15-16H,7-8,13-14H2,1-2H3. The van der Waals surface area contributed by atoms with Crippen molar-refractivity contribution in [1.29, 1.82) is 0 Å². The molecule has 0 unspecified atom stereocenters. The second kappa shape index (κ2) is 8.40. The summed E-state index contributed by atoms with van der Waals surface area (Å²) in [4.78, 5) is 20.4. The van der Waals surface area contributed by atoms with E-state index >= 15 is 0 Å². The number of para-hydroxylation sites is 2. The molecule has 9 heteroatoms. The van der Waals surface area contributed by atoms with Crippen molar-refractivity contribution in [3.63, 3.8) is 0 Å². The van der Waals surface area contributed by atoms with Gasteiger partial charge < -0.3 is 4.57 Å². The van der Waals surface area contributed by atoms with E-state index in [2.05, 4.69) is 0 Å². The molecule has 1 aliphatic rings. The van der Waals surface area contributed by atoms with Crippen LogP contribution in [0.1, 0.15) is 28.9 Å². The fourth-order valence-corrected chi connectivity index (χ4v) is 6.72. The van der Waals surface area contributed by atoms with Gasteiger partial charge in [0.1, 0.15) is 10.6 Å². The number of rotatable bonds is 5. The Kier molecular flexibility index (Phi) is 5.55. The Morgan fingerprint density at radius 3 is 2.48 bits per heavy atom. The minimum absolute atomic E-state index is 0.143. The van der Waals surface area contributed by atoms with Crippen LogP contribution in [0.5, 0.6) is 0 Å². The summed E-state index contributed by atoms with van der Waals surface area (Å²) in [5.74, 6) is -0.325. The van der Waals surface area contributed by atoms with Crippen molar-refractivity contribution < 1.29 is 13.2 Å². The summed E-state index contributed by atoms with van der Waals surface area (Å²) in [6.45, 7) is 2.97. The highest BCUT2D eigenvalue weighted by Crippen LogP contribution is 2.36. The maximum atomic E-state index is 13.9. The van der Waals surface area contributed by atoms with Crippen molar-refractivity contribution in [2.24, 2.45) is 7.05 Å². The van der Waals surface area contributed by atoms with Crippen molar-refractivity contribution in [2.75, 3.05) is 18.0 Å². The lowest BCUT2D eigenvalue weighted by atomic mass is 10.2. The maximum absolute atomic E-state index is 13.9. The number of benzene rings is 2. The van der Waals surface area contributed by atoms with Crippen LogP contribution < -0.4 is 4.90 Å². The SMILES string of the molecule is Cc1ccccc1N(C(=O)c1cc(S(=O)(=O)N2CCCC2)cn1C)c1nc2ccccc2s1. The van der Waals surface area contributed by atoms with Crippen LogP contribution in [-0.2, 0) is 17.1 Å². The molecule has 0 radical (unpaired) electrons. The van der Waals surface area contributed by atoms with E-state index in [9.17, 15) is 13.2 Å². The molecule has 2 aromatic heterocycles. The zero-order valence-electron chi connectivity index (χ0n) is 18.4. The van der Waals surface area contributed by atoms with Crippen molar-refractivity contribution in [2.45, 2.75) is 24.7 Å². The van der Waals surface area contributed by atoms with Crippen LogP contribution in [0.15, 0.2) is 65.7 Å². The van der Waals surface area contributed by atoms with Gasteiger partial charge in [-0.25, -0.2) is 13.4 Å². The molecule has 0 aliphatic carbocycles. The largest absolute Gasteiger partial charge is 0.345 e. The Morgan fingerprint density at radius 1 is 1.06 bits per heavy atom. The Bertz CT molecular complexity index is 1420. The first kappa shape index (κ1) is 21.8. The Hall–Kier alpha value is -3.01. The van der Waals surface area contributed by atoms with Crippen LogP contribution in [-0.4, -0.2) is 41.3 Å². The van der Waals surface area contributed by atoms with E-state index in [0.717, 1.165) is 28.6 Å². The average Bonchev–Trinajstić information content (AvgIpc) is 3.55. The van der Waals surface area contributed by atoms with Crippen LogP contribution in [0, 0.1) is 6.92 Å². The first-order chi connectivity index (χ1) is 15.9. The van der Waals surface area contributed by atoms with Crippen LogP contribution in [0.4, 0.5) is 10.8 Å². The third-order valence-electron chi connectivity index (χ3n) is 5.94. The van der Waals surface area contributed by atoms with E-state index in [-0.39, 0.29) is 16.5 Å². The van der Waals surface area contributed by atoms with Crippen LogP contribution in [0.2, 0.25) is 0 Å². The summed E-state index contributed by atoms with van der Waals surface area (Å²) >= 11 is 1.43. The number of carbonyl (C=O) groups excluding carboxylic acids is 1. The minimum atomic E-state index is -3.63. The third kappa shape index (κ3) is 3.86. The van der Waals surface area contributed by atoms with Crippen LogP contribution in [0.25, 0.3) is 10.2 Å². The number of aryl methyl sites for hydroxylation is 2. The van der Waals surface area contributed by atoms with Gasteiger partial charge in [0.2, 0.25) is 10.0 Å². The highest BCUT2D eigenvalue weighted by molar-refractivity contribution is 7.89. The highest BCUT2D eigenvalue weighted by atomic mass is 32.2. The second-order valence-electron chi connectivity index (χ2n) is 8.17. The number of sulfonamides is 1. The van der Waals surface area contributed by atoms with Crippen molar-refractivity contribution in [3.8, 4) is 0 Å². The van der Waals surface area contributed by atoms with Gasteiger partial charge >= 0.3 is 0 Å². The summed E-state index contributed by atoms with van der Waals surface area (Å²) in [7, 11) is -1.93. The molecule has 1 fully saturated rings.